The van der Waals surface area contributed by atoms with E-state index in [1.54, 1.807) is 4.68 Å². The second kappa shape index (κ2) is 4.96. The summed E-state index contributed by atoms with van der Waals surface area (Å²) in [6, 6.07) is 2.19. The lowest BCUT2D eigenvalue weighted by atomic mass is 9.84. The molecule has 1 aromatic rings. The molecular weight excluding hydrogens is 240 g/mol. The molecule has 19 heavy (non-hydrogen) atoms. The Hall–Kier alpha value is -1.36. The van der Waals surface area contributed by atoms with Crippen molar-refractivity contribution in [3.05, 3.63) is 17.5 Å². The average molecular weight is 262 g/mol. The number of aryl methyl sites for hydroxylation is 2. The Bertz CT molecular complexity index is 474. The normalized spacial score (nSPS) is 29.5. The first-order valence-electron chi connectivity index (χ1n) is 7.25. The third-order valence-electron chi connectivity index (χ3n) is 4.41. The Kier molecular flexibility index (Phi) is 3.31. The van der Waals surface area contributed by atoms with Crippen molar-refractivity contribution in [2.45, 2.75) is 39.3 Å². The Morgan fingerprint density at radius 2 is 2.21 bits per heavy atom. The van der Waals surface area contributed by atoms with Crippen LogP contribution < -0.4 is 5.32 Å². The number of carbonyl (C=O) groups is 1. The van der Waals surface area contributed by atoms with E-state index in [4.69, 9.17) is 0 Å². The Morgan fingerprint density at radius 3 is 2.79 bits per heavy atom. The van der Waals surface area contributed by atoms with Crippen LogP contribution in [0.25, 0.3) is 0 Å². The molecule has 1 amide bonds. The number of fused-ring (bicyclic) bond motifs is 3. The van der Waals surface area contributed by atoms with Crippen molar-refractivity contribution in [2.75, 3.05) is 19.6 Å². The Morgan fingerprint density at radius 1 is 1.47 bits per heavy atom. The molecule has 4 heterocycles. The van der Waals surface area contributed by atoms with Crippen LogP contribution in [-0.4, -0.2) is 46.3 Å². The van der Waals surface area contributed by atoms with Gasteiger partial charge in [-0.1, -0.05) is 0 Å². The van der Waals surface area contributed by atoms with Gasteiger partial charge in [-0.25, -0.2) is 0 Å². The van der Waals surface area contributed by atoms with Gasteiger partial charge in [-0.15, -0.1) is 0 Å². The van der Waals surface area contributed by atoms with E-state index in [-0.39, 0.29) is 5.91 Å². The van der Waals surface area contributed by atoms with Crippen LogP contribution in [0.5, 0.6) is 0 Å². The first-order valence-corrected chi connectivity index (χ1v) is 7.25. The molecule has 1 aromatic heterocycles. The number of nitrogens with zero attached hydrogens (tertiary/aromatic N) is 3. The molecule has 4 rings (SSSR count). The van der Waals surface area contributed by atoms with Crippen molar-refractivity contribution >= 4 is 5.91 Å². The lowest BCUT2D eigenvalue weighted by Gasteiger charge is -2.44. The fourth-order valence-electron chi connectivity index (χ4n) is 3.34. The van der Waals surface area contributed by atoms with Crippen LogP contribution in [0.15, 0.2) is 6.07 Å². The quantitative estimate of drug-likeness (QED) is 0.885. The molecule has 0 aliphatic carbocycles. The molecule has 104 valence electrons. The fourth-order valence-corrected chi connectivity index (χ4v) is 3.34. The molecule has 0 saturated carbocycles. The summed E-state index contributed by atoms with van der Waals surface area (Å²) in [5.41, 5.74) is 1.59. The maximum atomic E-state index is 12.4. The first kappa shape index (κ1) is 12.7. The zero-order valence-corrected chi connectivity index (χ0v) is 11.7. The van der Waals surface area contributed by atoms with Crippen molar-refractivity contribution in [3.8, 4) is 0 Å². The number of rotatable bonds is 3. The lowest BCUT2D eigenvalue weighted by Crippen LogP contribution is -2.57. The minimum atomic E-state index is 0.0289. The predicted molar refractivity (Wildman–Crippen MR) is 73.1 cm³/mol. The average Bonchev–Trinajstić information content (AvgIpc) is 2.81. The number of hydrogen-bond donors (Lipinski definition) is 1. The fraction of sp³-hybridized carbons (Fsp3) is 0.714. The maximum Gasteiger partial charge on any atom is 0.269 e. The summed E-state index contributed by atoms with van der Waals surface area (Å²) in [4.78, 5) is 14.8. The molecule has 3 aliphatic heterocycles. The molecule has 3 saturated heterocycles. The largest absolute Gasteiger partial charge is 0.346 e. The number of hydrogen-bond acceptors (Lipinski definition) is 3. The van der Waals surface area contributed by atoms with E-state index in [0.29, 0.717) is 17.7 Å². The lowest BCUT2D eigenvalue weighted by molar-refractivity contribution is 0.0615. The minimum Gasteiger partial charge on any atom is -0.346 e. The van der Waals surface area contributed by atoms with Gasteiger partial charge in [-0.2, -0.15) is 5.10 Å². The number of piperidine rings is 3. The summed E-state index contributed by atoms with van der Waals surface area (Å²) in [7, 11) is 0. The Balaban J connectivity index is 1.71. The molecule has 5 heteroatoms. The molecule has 1 unspecified atom stereocenters. The van der Waals surface area contributed by atoms with Crippen LogP contribution in [-0.2, 0) is 6.54 Å². The highest BCUT2D eigenvalue weighted by Gasteiger charge is 2.35. The number of nitrogens with one attached hydrogen (secondary N) is 1. The van der Waals surface area contributed by atoms with Gasteiger partial charge in [0.05, 0.1) is 5.69 Å². The van der Waals surface area contributed by atoms with Gasteiger partial charge < -0.3 is 10.2 Å². The molecule has 1 atom stereocenters. The number of carbonyl (C=O) groups excluding carboxylic acids is 1. The summed E-state index contributed by atoms with van der Waals surface area (Å²) in [5, 5.41) is 7.55. The van der Waals surface area contributed by atoms with Crippen molar-refractivity contribution in [1.29, 1.82) is 0 Å². The van der Waals surface area contributed by atoms with E-state index in [9.17, 15) is 4.79 Å². The van der Waals surface area contributed by atoms with Gasteiger partial charge in [-0.3, -0.25) is 9.48 Å². The van der Waals surface area contributed by atoms with Crippen LogP contribution >= 0.6 is 0 Å². The van der Waals surface area contributed by atoms with Crippen molar-refractivity contribution in [2.24, 2.45) is 5.92 Å². The number of amides is 1. The first-order chi connectivity index (χ1) is 9.17. The van der Waals surface area contributed by atoms with Crippen LogP contribution in [0, 0.1) is 12.8 Å². The van der Waals surface area contributed by atoms with Crippen LogP contribution in [0.4, 0.5) is 0 Å². The smallest absolute Gasteiger partial charge is 0.269 e. The van der Waals surface area contributed by atoms with Crippen molar-refractivity contribution < 1.29 is 4.79 Å². The second-order valence-corrected chi connectivity index (χ2v) is 5.70. The second-order valence-electron chi connectivity index (χ2n) is 5.70. The molecule has 1 N–H and O–H groups in total. The monoisotopic (exact) mass is 262 g/mol. The van der Waals surface area contributed by atoms with E-state index >= 15 is 0 Å². The molecule has 5 nitrogen and oxygen atoms in total. The zero-order valence-electron chi connectivity index (χ0n) is 11.7. The summed E-state index contributed by atoms with van der Waals surface area (Å²) < 4.78 is 1.78. The summed E-state index contributed by atoms with van der Waals surface area (Å²) in [6.45, 7) is 8.08. The topological polar surface area (TPSA) is 50.2 Å². The van der Waals surface area contributed by atoms with Gasteiger partial charge >= 0.3 is 0 Å². The van der Waals surface area contributed by atoms with E-state index in [1.165, 1.54) is 25.9 Å². The van der Waals surface area contributed by atoms with Gasteiger partial charge in [0, 0.05) is 19.1 Å². The van der Waals surface area contributed by atoms with Gasteiger partial charge in [0.25, 0.3) is 5.91 Å². The standard InChI is InChI=1S/C14H22N4O/c1-3-18-13(8-10(2)16-18)14(19)15-12-9-17-6-4-11(12)5-7-17/h8,11-12H,3-7,9H2,1-2H3,(H,15,19). The van der Waals surface area contributed by atoms with Gasteiger partial charge in [0.15, 0.2) is 0 Å². The molecule has 0 aromatic carbocycles. The van der Waals surface area contributed by atoms with Crippen molar-refractivity contribution in [3.63, 3.8) is 0 Å². The molecule has 0 spiro atoms. The van der Waals surface area contributed by atoms with E-state index in [2.05, 4.69) is 15.3 Å². The van der Waals surface area contributed by atoms with Gasteiger partial charge in [0.2, 0.25) is 0 Å². The molecule has 0 radical (unpaired) electrons. The van der Waals surface area contributed by atoms with E-state index < -0.39 is 0 Å². The summed E-state index contributed by atoms with van der Waals surface area (Å²) >= 11 is 0. The van der Waals surface area contributed by atoms with Crippen LogP contribution in [0.1, 0.15) is 35.9 Å². The molecular formula is C14H22N4O. The van der Waals surface area contributed by atoms with Crippen molar-refractivity contribution in [1.82, 2.24) is 20.0 Å². The maximum absolute atomic E-state index is 12.4. The minimum absolute atomic E-state index is 0.0289. The third-order valence-corrected chi connectivity index (χ3v) is 4.41. The zero-order chi connectivity index (χ0) is 13.4. The van der Waals surface area contributed by atoms with Crippen LogP contribution in [0.3, 0.4) is 0 Å². The predicted octanol–water partition coefficient (Wildman–Crippen LogP) is 1.04. The highest BCUT2D eigenvalue weighted by molar-refractivity contribution is 5.92. The summed E-state index contributed by atoms with van der Waals surface area (Å²) in [5.74, 6) is 0.689. The highest BCUT2D eigenvalue weighted by Crippen LogP contribution is 2.27. The molecule has 2 bridgehead atoms. The number of aromatic nitrogens is 2. The third kappa shape index (κ3) is 2.39. The summed E-state index contributed by atoms with van der Waals surface area (Å²) in [6.07, 6.45) is 2.44. The van der Waals surface area contributed by atoms with E-state index in [0.717, 1.165) is 18.8 Å². The van der Waals surface area contributed by atoms with Gasteiger partial charge in [0.1, 0.15) is 5.69 Å². The Labute approximate surface area is 114 Å². The SMILES string of the molecule is CCn1nc(C)cc1C(=O)NC1CN2CCC1CC2. The highest BCUT2D eigenvalue weighted by atomic mass is 16.2. The molecule has 3 aliphatic rings. The van der Waals surface area contributed by atoms with Gasteiger partial charge in [-0.05, 0) is 51.8 Å². The molecule has 3 fully saturated rings. The van der Waals surface area contributed by atoms with Crippen LogP contribution in [0.2, 0.25) is 0 Å². The van der Waals surface area contributed by atoms with E-state index in [1.807, 2.05) is 19.9 Å².